The summed E-state index contributed by atoms with van der Waals surface area (Å²) in [6, 6.07) is 0. The molecule has 0 aromatic heterocycles. The van der Waals surface area contributed by atoms with Crippen molar-refractivity contribution in [2.45, 2.75) is 70.1 Å². The second-order valence-corrected chi connectivity index (χ2v) is 10.7. The Hall–Kier alpha value is -2.50. The Kier molecular flexibility index (Phi) is 5.19. The highest BCUT2D eigenvalue weighted by atomic mass is 16.6. The third kappa shape index (κ3) is 2.66. The molecular weight excluding hydrogens is 464 g/mol. The first kappa shape index (κ1) is 24.2. The van der Waals surface area contributed by atoms with Gasteiger partial charge in [0.05, 0.1) is 25.7 Å². The molecular formula is C24H30O11. The lowest BCUT2D eigenvalue weighted by Gasteiger charge is -2.67. The van der Waals surface area contributed by atoms with Gasteiger partial charge in [-0.05, 0) is 30.3 Å². The monoisotopic (exact) mass is 494 g/mol. The molecule has 2 saturated heterocycles. The normalized spacial score (nSPS) is 48.0. The first-order chi connectivity index (χ1) is 16.4. The molecule has 5 rings (SSSR count). The van der Waals surface area contributed by atoms with E-state index < -0.39 is 82.3 Å². The average molecular weight is 494 g/mol. The van der Waals surface area contributed by atoms with Gasteiger partial charge in [-0.25, -0.2) is 9.59 Å². The minimum atomic E-state index is -2.18. The number of ketones is 1. The summed E-state index contributed by atoms with van der Waals surface area (Å²) >= 11 is 0. The van der Waals surface area contributed by atoms with E-state index in [1.54, 1.807) is 20.8 Å². The van der Waals surface area contributed by atoms with Gasteiger partial charge in [0, 0.05) is 24.2 Å². The minimum Gasteiger partial charge on any atom is -0.504 e. The van der Waals surface area contributed by atoms with E-state index in [2.05, 4.69) is 0 Å². The third-order valence-electron chi connectivity index (χ3n) is 9.39. The topological polar surface area (TPSA) is 166 Å². The fourth-order valence-electron chi connectivity index (χ4n) is 8.08. The Morgan fingerprint density at radius 3 is 2.51 bits per heavy atom. The van der Waals surface area contributed by atoms with Gasteiger partial charge in [0.1, 0.15) is 12.2 Å². The number of aliphatic hydroxyl groups excluding tert-OH is 3. The van der Waals surface area contributed by atoms with E-state index in [1.165, 1.54) is 0 Å². The number of aliphatic hydroxyl groups is 3. The summed E-state index contributed by atoms with van der Waals surface area (Å²) in [7, 11) is 1.09. The van der Waals surface area contributed by atoms with Crippen molar-refractivity contribution < 1.29 is 53.4 Å². The molecule has 5 aliphatic rings. The quantitative estimate of drug-likeness (QED) is 0.356. The van der Waals surface area contributed by atoms with Gasteiger partial charge in [-0.15, -0.1) is 0 Å². The molecule has 1 spiro atoms. The number of rotatable bonds is 3. The van der Waals surface area contributed by atoms with E-state index in [0.717, 1.165) is 7.11 Å². The molecule has 0 aromatic carbocycles. The van der Waals surface area contributed by atoms with E-state index in [1.807, 2.05) is 0 Å². The average Bonchev–Trinajstić information content (AvgIpc) is 3.13. The second-order valence-electron chi connectivity index (χ2n) is 10.7. The predicted molar refractivity (Wildman–Crippen MR) is 113 cm³/mol. The molecule has 0 unspecified atom stereocenters. The van der Waals surface area contributed by atoms with E-state index in [4.69, 9.17) is 18.9 Å². The van der Waals surface area contributed by atoms with Crippen LogP contribution >= 0.6 is 0 Å². The summed E-state index contributed by atoms with van der Waals surface area (Å²) in [5, 5.41) is 33.4. The van der Waals surface area contributed by atoms with Crippen LogP contribution in [0.25, 0.3) is 0 Å². The number of ether oxygens (including phenoxy) is 4. The molecule has 11 nitrogen and oxygen atoms in total. The van der Waals surface area contributed by atoms with Crippen molar-refractivity contribution in [2.75, 3.05) is 13.7 Å². The Labute approximate surface area is 201 Å². The van der Waals surface area contributed by atoms with E-state index in [0.29, 0.717) is 5.57 Å². The molecule has 3 N–H and O–H groups in total. The summed E-state index contributed by atoms with van der Waals surface area (Å²) in [5.41, 5.74) is -4.02. The lowest BCUT2D eigenvalue weighted by Crippen LogP contribution is -2.79. The molecule has 2 heterocycles. The van der Waals surface area contributed by atoms with Crippen LogP contribution in [0.2, 0.25) is 0 Å². The van der Waals surface area contributed by atoms with Crippen molar-refractivity contribution in [3.63, 3.8) is 0 Å². The van der Waals surface area contributed by atoms with E-state index in [9.17, 15) is 34.5 Å². The van der Waals surface area contributed by atoms with Gasteiger partial charge in [-0.2, -0.15) is 0 Å². The van der Waals surface area contributed by atoms with Crippen molar-refractivity contribution in [1.82, 2.24) is 0 Å². The number of allylic oxidation sites excluding steroid dienone is 2. The Balaban J connectivity index is 1.76. The van der Waals surface area contributed by atoms with Gasteiger partial charge in [-0.3, -0.25) is 9.59 Å². The Bertz CT molecular complexity index is 1050. The maximum Gasteiger partial charge on any atom is 0.348 e. The van der Waals surface area contributed by atoms with Gasteiger partial charge in [0.2, 0.25) is 11.7 Å². The second kappa shape index (κ2) is 7.50. The molecule has 0 aromatic rings. The van der Waals surface area contributed by atoms with Gasteiger partial charge in [-0.1, -0.05) is 13.8 Å². The first-order valence-corrected chi connectivity index (χ1v) is 11.8. The Morgan fingerprint density at radius 2 is 1.89 bits per heavy atom. The van der Waals surface area contributed by atoms with Crippen LogP contribution < -0.4 is 0 Å². The van der Waals surface area contributed by atoms with Crippen LogP contribution in [0.5, 0.6) is 0 Å². The van der Waals surface area contributed by atoms with Crippen molar-refractivity contribution in [1.29, 1.82) is 0 Å². The fraction of sp³-hybridized carbons (Fsp3) is 0.750. The van der Waals surface area contributed by atoms with Crippen LogP contribution in [0, 0.1) is 28.6 Å². The van der Waals surface area contributed by atoms with Crippen LogP contribution in [0.4, 0.5) is 0 Å². The maximum atomic E-state index is 13.2. The highest BCUT2D eigenvalue weighted by Crippen LogP contribution is 2.72. The molecule has 192 valence electrons. The molecule has 2 saturated carbocycles. The largest absolute Gasteiger partial charge is 0.504 e. The van der Waals surface area contributed by atoms with Gasteiger partial charge >= 0.3 is 17.9 Å². The standard InChI is InChI=1S/C24H30O11/c1-5-13(26)35-16-18-23-8-33-24(18,21(31)32-4)19(29)15(28)17(23)22(3)7-11(25)14(27)9(2)10(22)6-12(23)34-20(16)30/h10,12,15-19,27-29H,5-8H2,1-4H3/t10-,12+,15+,16+,17+,18+,19-,22-,23+,24+/m0/s1. The summed E-state index contributed by atoms with van der Waals surface area (Å²) in [6.07, 6.45) is -5.89. The zero-order chi connectivity index (χ0) is 25.7. The molecule has 11 heteroatoms. The lowest BCUT2D eigenvalue weighted by molar-refractivity contribution is -0.290. The molecule has 35 heavy (non-hydrogen) atoms. The van der Waals surface area contributed by atoms with Crippen LogP contribution in [-0.2, 0) is 38.1 Å². The predicted octanol–water partition coefficient (Wildman–Crippen LogP) is -0.0392. The molecule has 10 atom stereocenters. The minimum absolute atomic E-state index is 0.0504. The first-order valence-electron chi connectivity index (χ1n) is 11.8. The van der Waals surface area contributed by atoms with Gasteiger partial charge < -0.3 is 34.3 Å². The summed E-state index contributed by atoms with van der Waals surface area (Å²) < 4.78 is 22.3. The lowest BCUT2D eigenvalue weighted by atomic mass is 9.38. The van der Waals surface area contributed by atoms with Crippen LogP contribution in [0.1, 0.15) is 40.0 Å². The molecule has 4 fully saturated rings. The van der Waals surface area contributed by atoms with Crippen LogP contribution in [0.15, 0.2) is 11.3 Å². The Morgan fingerprint density at radius 1 is 1.20 bits per heavy atom. The van der Waals surface area contributed by atoms with E-state index in [-0.39, 0.29) is 31.6 Å². The molecule has 2 aliphatic heterocycles. The fourth-order valence-corrected chi connectivity index (χ4v) is 8.08. The van der Waals surface area contributed by atoms with Crippen molar-refractivity contribution >= 4 is 23.7 Å². The molecule has 0 amide bonds. The maximum absolute atomic E-state index is 13.2. The van der Waals surface area contributed by atoms with Crippen LogP contribution in [0.3, 0.4) is 0 Å². The summed E-state index contributed by atoms with van der Waals surface area (Å²) in [6.45, 7) is 4.76. The highest BCUT2D eigenvalue weighted by Gasteiger charge is 2.85. The zero-order valence-corrected chi connectivity index (χ0v) is 20.0. The summed E-state index contributed by atoms with van der Waals surface area (Å²) in [4.78, 5) is 51.5. The van der Waals surface area contributed by atoms with Crippen LogP contribution in [-0.4, -0.2) is 82.7 Å². The number of Topliss-reactive ketones (excluding diaryl/α,β-unsaturated/α-hetero) is 1. The van der Waals surface area contributed by atoms with Gasteiger partial charge in [0.15, 0.2) is 11.5 Å². The number of hydrogen-bond acceptors (Lipinski definition) is 11. The van der Waals surface area contributed by atoms with Gasteiger partial charge in [0.25, 0.3) is 0 Å². The molecule has 2 bridgehead atoms. The SMILES string of the molecule is CCC(=O)O[C@H]1C(=O)O[C@@H]2C[C@H]3C(C)=C(O)C(=O)C[C@]3(C)[C@H]3[C@@H](O)[C@H](O)[C@]4(C(=O)OC)OC[C@]32[C@@H]14. The van der Waals surface area contributed by atoms with E-state index >= 15 is 0 Å². The molecule has 3 aliphatic carbocycles. The number of carbonyl (C=O) groups excluding carboxylic acids is 4. The number of carbonyl (C=O) groups is 4. The number of methoxy groups -OCH3 is 1. The number of esters is 3. The third-order valence-corrected chi connectivity index (χ3v) is 9.39. The number of fused-ring (bicyclic) bond motifs is 2. The summed E-state index contributed by atoms with van der Waals surface area (Å²) in [5.74, 6) is -6.04. The number of hydrogen-bond donors (Lipinski definition) is 3. The smallest absolute Gasteiger partial charge is 0.348 e. The molecule has 0 radical (unpaired) electrons. The zero-order valence-electron chi connectivity index (χ0n) is 20.0. The highest BCUT2D eigenvalue weighted by molar-refractivity contribution is 5.95. The van der Waals surface area contributed by atoms with Crippen molar-refractivity contribution in [3.8, 4) is 0 Å². The van der Waals surface area contributed by atoms with Crippen molar-refractivity contribution in [2.24, 2.45) is 28.6 Å². The van der Waals surface area contributed by atoms with Crippen molar-refractivity contribution in [3.05, 3.63) is 11.3 Å².